The third-order valence-corrected chi connectivity index (χ3v) is 5.09. The summed E-state index contributed by atoms with van der Waals surface area (Å²) in [6.07, 6.45) is 8.65. The van der Waals surface area contributed by atoms with Gasteiger partial charge in [0.25, 0.3) is 5.91 Å². The number of nitrogens with two attached hydrogens (primary N) is 1. The van der Waals surface area contributed by atoms with Crippen LogP contribution in [0.1, 0.15) is 35.1 Å². The first-order valence-corrected chi connectivity index (χ1v) is 10.1. The van der Waals surface area contributed by atoms with Gasteiger partial charge in [-0.2, -0.15) is 0 Å². The highest BCUT2D eigenvalue weighted by molar-refractivity contribution is 6.09. The zero-order valence-electron chi connectivity index (χ0n) is 16.9. The highest BCUT2D eigenvalue weighted by Crippen LogP contribution is 2.40. The fraction of sp³-hybridized carbons (Fsp3) is 0.136. The average Bonchev–Trinajstić information content (AvgIpc) is 3.55. The number of hydrogen-bond acceptors (Lipinski definition) is 6. The summed E-state index contributed by atoms with van der Waals surface area (Å²) in [5.74, 6) is 1.06. The Hall–Kier alpha value is -4.47. The van der Waals surface area contributed by atoms with E-state index in [9.17, 15) is 9.59 Å². The number of nitrogens with one attached hydrogen (secondary N) is 3. The molecule has 0 bridgehead atoms. The first-order valence-electron chi connectivity index (χ1n) is 10.1. The van der Waals surface area contributed by atoms with Crippen molar-refractivity contribution in [3.8, 4) is 0 Å². The molecule has 0 saturated heterocycles. The van der Waals surface area contributed by atoms with Crippen LogP contribution in [0, 0.1) is 0 Å². The van der Waals surface area contributed by atoms with Crippen molar-refractivity contribution in [2.45, 2.75) is 18.8 Å². The summed E-state index contributed by atoms with van der Waals surface area (Å²) in [6.45, 7) is 0. The molecular formula is C22H20N8O2. The van der Waals surface area contributed by atoms with Gasteiger partial charge in [0.1, 0.15) is 17.2 Å². The number of amides is 3. The second kappa shape index (κ2) is 7.99. The van der Waals surface area contributed by atoms with Crippen molar-refractivity contribution < 1.29 is 9.59 Å². The molecule has 1 aliphatic carbocycles. The van der Waals surface area contributed by atoms with Crippen molar-refractivity contribution in [1.82, 2.24) is 19.4 Å². The second-order valence-electron chi connectivity index (χ2n) is 7.48. The van der Waals surface area contributed by atoms with Crippen LogP contribution in [-0.4, -0.2) is 31.3 Å². The van der Waals surface area contributed by atoms with Gasteiger partial charge >= 0.3 is 6.03 Å². The standard InChI is InChI=1S/C22H20N8O2/c23-19-18-17(29-20(13-3-4-13)30(18)11-10-25-19)21(31)26-14-5-7-15(8-6-14)27-22(32)28-16-2-1-9-24-12-16/h1-2,5-13H,3-4H2,(H2,23,25)(H,26,31)(H2,27,28,32). The Morgan fingerprint density at radius 2 is 1.69 bits per heavy atom. The van der Waals surface area contributed by atoms with Gasteiger partial charge in [0.05, 0.1) is 11.9 Å². The summed E-state index contributed by atoms with van der Waals surface area (Å²) in [5, 5.41) is 8.25. The highest BCUT2D eigenvalue weighted by Gasteiger charge is 2.31. The van der Waals surface area contributed by atoms with E-state index >= 15 is 0 Å². The summed E-state index contributed by atoms with van der Waals surface area (Å²) in [5.41, 5.74) is 8.51. The minimum Gasteiger partial charge on any atom is -0.382 e. The van der Waals surface area contributed by atoms with Crippen molar-refractivity contribution >= 4 is 40.3 Å². The quantitative estimate of drug-likeness (QED) is 0.384. The molecule has 0 radical (unpaired) electrons. The van der Waals surface area contributed by atoms with Gasteiger partial charge in [-0.15, -0.1) is 0 Å². The van der Waals surface area contributed by atoms with Gasteiger partial charge in [-0.05, 0) is 49.2 Å². The number of nitrogen functional groups attached to an aromatic ring is 1. The number of carbonyl (C=O) groups excluding carboxylic acids is 2. The Kier molecular flexibility index (Phi) is 4.86. The van der Waals surface area contributed by atoms with E-state index in [0.717, 1.165) is 18.7 Å². The molecule has 32 heavy (non-hydrogen) atoms. The Balaban J connectivity index is 1.29. The lowest BCUT2D eigenvalue weighted by Gasteiger charge is -2.09. The maximum absolute atomic E-state index is 12.9. The second-order valence-corrected chi connectivity index (χ2v) is 7.48. The minimum absolute atomic E-state index is 0.246. The predicted molar refractivity (Wildman–Crippen MR) is 121 cm³/mol. The van der Waals surface area contributed by atoms with E-state index in [4.69, 9.17) is 5.73 Å². The molecule has 1 fully saturated rings. The lowest BCUT2D eigenvalue weighted by molar-refractivity contribution is 0.102. The van der Waals surface area contributed by atoms with E-state index in [2.05, 4.69) is 30.9 Å². The van der Waals surface area contributed by atoms with Gasteiger partial charge in [-0.1, -0.05) is 0 Å². The van der Waals surface area contributed by atoms with E-state index in [1.54, 1.807) is 61.2 Å². The number of rotatable bonds is 5. The normalized spacial score (nSPS) is 13.0. The van der Waals surface area contributed by atoms with E-state index < -0.39 is 6.03 Å². The van der Waals surface area contributed by atoms with Crippen LogP contribution >= 0.6 is 0 Å². The summed E-state index contributed by atoms with van der Waals surface area (Å²) in [4.78, 5) is 37.7. The number of hydrogen-bond donors (Lipinski definition) is 4. The molecule has 3 amide bonds. The van der Waals surface area contributed by atoms with Crippen LogP contribution < -0.4 is 21.7 Å². The summed E-state index contributed by atoms with van der Waals surface area (Å²) >= 11 is 0. The number of pyridine rings is 1. The Morgan fingerprint density at radius 1 is 0.969 bits per heavy atom. The number of anilines is 4. The molecule has 160 valence electrons. The number of urea groups is 1. The largest absolute Gasteiger partial charge is 0.382 e. The number of aromatic nitrogens is 4. The molecule has 0 unspecified atom stereocenters. The molecule has 10 heteroatoms. The van der Waals surface area contributed by atoms with Crippen LogP contribution in [-0.2, 0) is 0 Å². The Labute approximate surface area is 182 Å². The van der Waals surface area contributed by atoms with Gasteiger partial charge in [0, 0.05) is 35.9 Å². The molecule has 3 aromatic heterocycles. The van der Waals surface area contributed by atoms with E-state index in [-0.39, 0.29) is 17.4 Å². The van der Waals surface area contributed by atoms with Crippen molar-refractivity contribution in [3.05, 3.63) is 72.7 Å². The molecular weight excluding hydrogens is 408 g/mol. The molecule has 0 atom stereocenters. The first-order chi connectivity index (χ1) is 15.6. The van der Waals surface area contributed by atoms with Gasteiger partial charge < -0.3 is 21.7 Å². The molecule has 0 aliphatic heterocycles. The van der Waals surface area contributed by atoms with Gasteiger partial charge in [-0.25, -0.2) is 14.8 Å². The predicted octanol–water partition coefficient (Wildman–Crippen LogP) is 3.48. The lowest BCUT2D eigenvalue weighted by Crippen LogP contribution is -2.19. The van der Waals surface area contributed by atoms with Crippen molar-refractivity contribution in [3.63, 3.8) is 0 Å². The molecule has 5 rings (SSSR count). The highest BCUT2D eigenvalue weighted by atomic mass is 16.2. The van der Waals surface area contributed by atoms with E-state index in [0.29, 0.717) is 28.5 Å². The maximum Gasteiger partial charge on any atom is 0.323 e. The fourth-order valence-corrected chi connectivity index (χ4v) is 3.43. The number of imidazole rings is 1. The molecule has 1 aliphatic rings. The summed E-state index contributed by atoms with van der Waals surface area (Å²) in [7, 11) is 0. The van der Waals surface area contributed by atoms with Crippen LogP contribution in [0.4, 0.5) is 27.7 Å². The lowest BCUT2D eigenvalue weighted by atomic mass is 10.2. The molecule has 4 aromatic rings. The van der Waals surface area contributed by atoms with Crippen molar-refractivity contribution in [1.29, 1.82) is 0 Å². The van der Waals surface area contributed by atoms with E-state index in [1.165, 1.54) is 0 Å². The summed E-state index contributed by atoms with van der Waals surface area (Å²) < 4.78 is 1.85. The van der Waals surface area contributed by atoms with Crippen LogP contribution in [0.3, 0.4) is 0 Å². The monoisotopic (exact) mass is 428 g/mol. The molecule has 1 saturated carbocycles. The first kappa shape index (κ1) is 19.5. The van der Waals surface area contributed by atoms with Crippen molar-refractivity contribution in [2.24, 2.45) is 0 Å². The zero-order valence-corrected chi connectivity index (χ0v) is 16.9. The molecule has 0 spiro atoms. The van der Waals surface area contributed by atoms with E-state index in [1.807, 2.05) is 4.40 Å². The number of fused-ring (bicyclic) bond motifs is 1. The van der Waals surface area contributed by atoms with Gasteiger partial charge in [-0.3, -0.25) is 14.2 Å². The SMILES string of the molecule is Nc1nccn2c(C3CC3)nc(C(=O)Nc3ccc(NC(=O)Nc4cccnc4)cc3)c12. The third-order valence-electron chi connectivity index (χ3n) is 5.09. The smallest absolute Gasteiger partial charge is 0.323 e. The van der Waals surface area contributed by atoms with Gasteiger partial charge in [0.2, 0.25) is 0 Å². The number of nitrogens with zero attached hydrogens (tertiary/aromatic N) is 4. The average molecular weight is 428 g/mol. The van der Waals surface area contributed by atoms with Crippen LogP contribution in [0.2, 0.25) is 0 Å². The number of benzene rings is 1. The van der Waals surface area contributed by atoms with Crippen LogP contribution in [0.25, 0.3) is 5.52 Å². The van der Waals surface area contributed by atoms with Crippen LogP contribution in [0.15, 0.2) is 61.2 Å². The van der Waals surface area contributed by atoms with Gasteiger partial charge in [0.15, 0.2) is 5.69 Å². The number of carbonyl (C=O) groups is 2. The zero-order chi connectivity index (χ0) is 22.1. The fourth-order valence-electron chi connectivity index (χ4n) is 3.43. The molecule has 10 nitrogen and oxygen atoms in total. The molecule has 3 heterocycles. The molecule has 5 N–H and O–H groups in total. The third kappa shape index (κ3) is 3.93. The topological polar surface area (TPSA) is 139 Å². The van der Waals surface area contributed by atoms with Crippen LogP contribution in [0.5, 0.6) is 0 Å². The molecule has 1 aromatic carbocycles. The minimum atomic E-state index is -0.394. The summed E-state index contributed by atoms with van der Waals surface area (Å²) in [6, 6.07) is 9.84. The van der Waals surface area contributed by atoms with Crippen molar-refractivity contribution in [2.75, 3.05) is 21.7 Å². The Bertz CT molecular complexity index is 1300. The maximum atomic E-state index is 12.9. The Morgan fingerprint density at radius 3 is 2.38 bits per heavy atom.